The lowest BCUT2D eigenvalue weighted by atomic mass is 10.3. The first-order valence-corrected chi connectivity index (χ1v) is 3.98. The number of amides is 1. The van der Waals surface area contributed by atoms with Crippen molar-refractivity contribution >= 4 is 17.6 Å². The van der Waals surface area contributed by atoms with Crippen LogP contribution in [0.25, 0.3) is 0 Å². The third-order valence-corrected chi connectivity index (χ3v) is 1.92. The Kier molecular flexibility index (Phi) is 1.77. The number of pyridine rings is 1. The van der Waals surface area contributed by atoms with Crippen molar-refractivity contribution < 1.29 is 9.90 Å². The van der Waals surface area contributed by atoms with E-state index in [0.717, 1.165) is 5.69 Å². The molecule has 1 aromatic heterocycles. The van der Waals surface area contributed by atoms with Crippen molar-refractivity contribution in [2.75, 3.05) is 23.3 Å². The van der Waals surface area contributed by atoms with Crippen LogP contribution in [-0.2, 0) is 0 Å². The maximum atomic E-state index is 10.8. The van der Waals surface area contributed by atoms with E-state index in [2.05, 4.69) is 10.3 Å². The lowest BCUT2D eigenvalue weighted by molar-refractivity contribution is 0.201. The van der Waals surface area contributed by atoms with Crippen LogP contribution in [0.3, 0.4) is 0 Å². The van der Waals surface area contributed by atoms with Crippen LogP contribution in [0.15, 0.2) is 18.3 Å². The molecule has 2 rings (SSSR count). The van der Waals surface area contributed by atoms with Crippen LogP contribution in [0.5, 0.6) is 0 Å². The van der Waals surface area contributed by atoms with Crippen LogP contribution in [-0.4, -0.2) is 29.3 Å². The minimum Gasteiger partial charge on any atom is -0.465 e. The largest absolute Gasteiger partial charge is 0.465 e. The molecule has 2 heterocycles. The molecule has 1 amide bonds. The van der Waals surface area contributed by atoms with E-state index >= 15 is 0 Å². The number of nitrogens with one attached hydrogen (secondary N) is 1. The van der Waals surface area contributed by atoms with Crippen LogP contribution in [0, 0.1) is 0 Å². The van der Waals surface area contributed by atoms with E-state index in [1.165, 1.54) is 4.90 Å². The van der Waals surface area contributed by atoms with Crippen LogP contribution in [0.2, 0.25) is 0 Å². The smallest absolute Gasteiger partial charge is 0.413 e. The number of carboxylic acid groups (broad SMARTS) is 1. The summed E-state index contributed by atoms with van der Waals surface area (Å²) in [5, 5.41) is 11.9. The topological polar surface area (TPSA) is 65.5 Å². The van der Waals surface area contributed by atoms with Crippen LogP contribution in [0.1, 0.15) is 0 Å². The molecule has 0 radical (unpaired) electrons. The number of aromatic nitrogens is 1. The van der Waals surface area contributed by atoms with Crippen molar-refractivity contribution in [3.63, 3.8) is 0 Å². The fraction of sp³-hybridized carbons (Fsp3) is 0.250. The maximum Gasteiger partial charge on any atom is 0.413 e. The molecule has 1 aliphatic heterocycles. The Bertz CT molecular complexity index is 340. The number of hydrogen-bond acceptors (Lipinski definition) is 3. The van der Waals surface area contributed by atoms with Crippen molar-refractivity contribution in [3.8, 4) is 0 Å². The fourth-order valence-corrected chi connectivity index (χ4v) is 1.34. The zero-order chi connectivity index (χ0) is 9.26. The second-order valence-corrected chi connectivity index (χ2v) is 2.74. The van der Waals surface area contributed by atoms with Gasteiger partial charge in [0.2, 0.25) is 0 Å². The summed E-state index contributed by atoms with van der Waals surface area (Å²) in [4.78, 5) is 16.0. The van der Waals surface area contributed by atoms with E-state index in [4.69, 9.17) is 5.11 Å². The summed E-state index contributed by atoms with van der Waals surface area (Å²) < 4.78 is 0. The van der Waals surface area contributed by atoms with Gasteiger partial charge in [0.25, 0.3) is 0 Å². The van der Waals surface area contributed by atoms with Gasteiger partial charge in [0.1, 0.15) is 0 Å². The van der Waals surface area contributed by atoms with Crippen molar-refractivity contribution in [2.45, 2.75) is 0 Å². The zero-order valence-electron chi connectivity index (χ0n) is 6.90. The van der Waals surface area contributed by atoms with Gasteiger partial charge in [0, 0.05) is 19.3 Å². The van der Waals surface area contributed by atoms with Crippen LogP contribution in [0.4, 0.5) is 16.3 Å². The first-order valence-electron chi connectivity index (χ1n) is 3.98. The molecule has 0 aromatic carbocycles. The van der Waals surface area contributed by atoms with E-state index in [1.54, 1.807) is 12.3 Å². The average molecular weight is 179 g/mol. The highest BCUT2D eigenvalue weighted by molar-refractivity contribution is 5.90. The molecule has 5 nitrogen and oxygen atoms in total. The van der Waals surface area contributed by atoms with Gasteiger partial charge < -0.3 is 10.4 Å². The normalized spacial score (nSPS) is 14.6. The molecule has 13 heavy (non-hydrogen) atoms. The Morgan fingerprint density at radius 2 is 2.54 bits per heavy atom. The van der Waals surface area contributed by atoms with E-state index < -0.39 is 6.09 Å². The van der Waals surface area contributed by atoms with Crippen LogP contribution >= 0.6 is 0 Å². The minimum atomic E-state index is -0.957. The van der Waals surface area contributed by atoms with E-state index in [9.17, 15) is 4.79 Å². The summed E-state index contributed by atoms with van der Waals surface area (Å²) in [6, 6.07) is 3.59. The fourth-order valence-electron chi connectivity index (χ4n) is 1.34. The Balaban J connectivity index is 2.42. The standard InChI is InChI=1S/C8H9N3O2/c12-8(13)11-5-4-9-6-2-1-3-10-7(6)11/h1-3,9H,4-5H2,(H,12,13). The van der Waals surface area contributed by atoms with Gasteiger partial charge in [-0.1, -0.05) is 0 Å². The summed E-state index contributed by atoms with van der Waals surface area (Å²) in [5.74, 6) is 0.487. The van der Waals surface area contributed by atoms with E-state index in [0.29, 0.717) is 18.9 Å². The number of nitrogens with zero attached hydrogens (tertiary/aromatic N) is 2. The lowest BCUT2D eigenvalue weighted by Crippen LogP contribution is -2.38. The predicted octanol–water partition coefficient (Wildman–Crippen LogP) is 0.991. The average Bonchev–Trinajstić information content (AvgIpc) is 2.17. The molecular weight excluding hydrogens is 170 g/mol. The summed E-state index contributed by atoms with van der Waals surface area (Å²) in [6.07, 6.45) is 0.628. The van der Waals surface area contributed by atoms with Gasteiger partial charge in [0.15, 0.2) is 5.82 Å². The minimum absolute atomic E-state index is 0.444. The molecule has 2 N–H and O–H groups in total. The lowest BCUT2D eigenvalue weighted by Gasteiger charge is -2.26. The van der Waals surface area contributed by atoms with Gasteiger partial charge >= 0.3 is 6.09 Å². The quantitative estimate of drug-likeness (QED) is 0.623. The third kappa shape index (κ3) is 1.28. The van der Waals surface area contributed by atoms with Gasteiger partial charge in [-0.2, -0.15) is 0 Å². The first-order chi connectivity index (χ1) is 6.29. The van der Waals surface area contributed by atoms with E-state index in [-0.39, 0.29) is 0 Å². The molecule has 1 aromatic rings. The summed E-state index contributed by atoms with van der Waals surface area (Å²) in [6.45, 7) is 1.07. The van der Waals surface area contributed by atoms with Gasteiger partial charge in [-0.25, -0.2) is 9.78 Å². The second-order valence-electron chi connectivity index (χ2n) is 2.74. The van der Waals surface area contributed by atoms with Crippen molar-refractivity contribution in [3.05, 3.63) is 18.3 Å². The molecule has 1 aliphatic rings. The second kappa shape index (κ2) is 2.93. The molecule has 68 valence electrons. The molecule has 0 atom stereocenters. The molecule has 5 heteroatoms. The summed E-state index contributed by atoms with van der Waals surface area (Å²) in [5.41, 5.74) is 0.774. The first kappa shape index (κ1) is 7.85. The van der Waals surface area contributed by atoms with Crippen molar-refractivity contribution in [1.82, 2.24) is 4.98 Å². The highest BCUT2D eigenvalue weighted by Gasteiger charge is 2.22. The number of hydrogen-bond donors (Lipinski definition) is 2. The van der Waals surface area contributed by atoms with Gasteiger partial charge in [-0.05, 0) is 12.1 Å². The zero-order valence-corrected chi connectivity index (χ0v) is 6.90. The Labute approximate surface area is 75.0 Å². The highest BCUT2D eigenvalue weighted by Crippen LogP contribution is 2.25. The molecule has 0 spiro atoms. The van der Waals surface area contributed by atoms with Crippen LogP contribution < -0.4 is 10.2 Å². The maximum absolute atomic E-state index is 10.8. The molecule has 0 bridgehead atoms. The molecule has 0 fully saturated rings. The Hall–Kier alpha value is -1.78. The van der Waals surface area contributed by atoms with Gasteiger partial charge in [-0.3, -0.25) is 4.90 Å². The molecule has 0 aliphatic carbocycles. The Morgan fingerprint density at radius 3 is 3.31 bits per heavy atom. The van der Waals surface area contributed by atoms with E-state index in [1.807, 2.05) is 6.07 Å². The molecular formula is C8H9N3O2. The van der Waals surface area contributed by atoms with Crippen molar-refractivity contribution in [1.29, 1.82) is 0 Å². The molecule has 0 saturated carbocycles. The predicted molar refractivity (Wildman–Crippen MR) is 48.1 cm³/mol. The third-order valence-electron chi connectivity index (χ3n) is 1.92. The highest BCUT2D eigenvalue weighted by atomic mass is 16.4. The SMILES string of the molecule is O=C(O)N1CCNc2cccnc21. The van der Waals surface area contributed by atoms with Gasteiger partial charge in [0.05, 0.1) is 5.69 Å². The molecule has 0 unspecified atom stereocenters. The summed E-state index contributed by atoms with van der Waals surface area (Å²) >= 11 is 0. The molecule has 0 saturated heterocycles. The number of fused-ring (bicyclic) bond motifs is 1. The summed E-state index contributed by atoms with van der Waals surface area (Å²) in [7, 11) is 0. The number of carbonyl (C=O) groups is 1. The Morgan fingerprint density at radius 1 is 1.69 bits per heavy atom. The number of rotatable bonds is 0. The van der Waals surface area contributed by atoms with Crippen molar-refractivity contribution in [2.24, 2.45) is 0 Å². The van der Waals surface area contributed by atoms with Gasteiger partial charge in [-0.15, -0.1) is 0 Å². The monoisotopic (exact) mass is 179 g/mol. The number of anilines is 2.